The summed E-state index contributed by atoms with van der Waals surface area (Å²) in [7, 11) is -0.685. The highest BCUT2D eigenvalue weighted by atomic mass is 32.2. The summed E-state index contributed by atoms with van der Waals surface area (Å²) >= 11 is 0. The van der Waals surface area contributed by atoms with Gasteiger partial charge >= 0.3 is 0 Å². The monoisotopic (exact) mass is 379 g/mol. The number of carbonyl (C=O) groups is 1. The third-order valence-electron chi connectivity index (χ3n) is 3.32. The van der Waals surface area contributed by atoms with Crippen molar-refractivity contribution in [1.29, 1.82) is 0 Å². The smallest absolute Gasteiger partial charge is 0.273 e. The highest BCUT2D eigenvalue weighted by molar-refractivity contribution is 7.89. The second-order valence-corrected chi connectivity index (χ2v) is 7.55. The van der Waals surface area contributed by atoms with Crippen LogP contribution in [0.1, 0.15) is 0 Å². The fourth-order valence-electron chi connectivity index (χ4n) is 1.95. The zero-order chi connectivity index (χ0) is 19.3. The zero-order valence-corrected chi connectivity index (χ0v) is 14.9. The van der Waals surface area contributed by atoms with Crippen LogP contribution >= 0.6 is 0 Å². The van der Waals surface area contributed by atoms with Crippen molar-refractivity contribution in [2.75, 3.05) is 26.0 Å². The lowest BCUT2D eigenvalue weighted by atomic mass is 10.3. The maximum absolute atomic E-state index is 12.0. The largest absolute Gasteiger partial charge is 0.484 e. The van der Waals surface area contributed by atoms with Gasteiger partial charge in [0, 0.05) is 25.8 Å². The molecule has 2 aromatic rings. The predicted octanol–water partition coefficient (Wildman–Crippen LogP) is 1.86. The van der Waals surface area contributed by atoms with Gasteiger partial charge in [0.15, 0.2) is 6.61 Å². The third kappa shape index (κ3) is 4.77. The molecule has 0 aliphatic rings. The van der Waals surface area contributed by atoms with E-state index in [0.29, 0.717) is 5.69 Å². The van der Waals surface area contributed by atoms with E-state index in [4.69, 9.17) is 4.74 Å². The van der Waals surface area contributed by atoms with Crippen LogP contribution in [0.15, 0.2) is 53.4 Å². The lowest BCUT2D eigenvalue weighted by Crippen LogP contribution is -2.22. The Labute approximate surface area is 150 Å². The molecule has 0 fully saturated rings. The van der Waals surface area contributed by atoms with Gasteiger partial charge in [0.1, 0.15) is 5.75 Å². The van der Waals surface area contributed by atoms with Crippen LogP contribution in [0.2, 0.25) is 0 Å². The highest BCUT2D eigenvalue weighted by Gasteiger charge is 2.16. The van der Waals surface area contributed by atoms with E-state index in [1.165, 1.54) is 62.6 Å². The number of nitrogens with one attached hydrogen (secondary N) is 1. The number of nitro groups is 1. The zero-order valence-electron chi connectivity index (χ0n) is 14.1. The van der Waals surface area contributed by atoms with Gasteiger partial charge in [-0.2, -0.15) is 0 Å². The van der Waals surface area contributed by atoms with Gasteiger partial charge in [-0.1, -0.05) is 6.07 Å². The van der Waals surface area contributed by atoms with Gasteiger partial charge in [-0.05, 0) is 30.3 Å². The fraction of sp³-hybridized carbons (Fsp3) is 0.188. The summed E-state index contributed by atoms with van der Waals surface area (Å²) in [5.41, 5.74) is 0.260. The number of rotatable bonds is 7. The molecule has 0 aliphatic heterocycles. The first-order valence-corrected chi connectivity index (χ1v) is 8.84. The molecule has 0 saturated heterocycles. The first kappa shape index (κ1) is 19.3. The molecule has 0 aromatic heterocycles. The van der Waals surface area contributed by atoms with Crippen LogP contribution in [0.4, 0.5) is 11.4 Å². The van der Waals surface area contributed by atoms with Crippen LogP contribution in [0.3, 0.4) is 0 Å². The predicted molar refractivity (Wildman–Crippen MR) is 94.5 cm³/mol. The molecule has 9 nitrogen and oxygen atoms in total. The van der Waals surface area contributed by atoms with Crippen molar-refractivity contribution in [3.8, 4) is 5.75 Å². The quantitative estimate of drug-likeness (QED) is 0.579. The number of sulfonamides is 1. The molecule has 0 atom stereocenters. The second-order valence-electron chi connectivity index (χ2n) is 5.40. The van der Waals surface area contributed by atoms with E-state index in [1.807, 2.05) is 0 Å². The molecule has 0 heterocycles. The molecule has 0 saturated carbocycles. The average Bonchev–Trinajstić information content (AvgIpc) is 2.60. The number of non-ortho nitro benzene ring substituents is 1. The molecule has 2 rings (SSSR count). The van der Waals surface area contributed by atoms with E-state index >= 15 is 0 Å². The van der Waals surface area contributed by atoms with Gasteiger partial charge in [-0.25, -0.2) is 12.7 Å². The van der Waals surface area contributed by atoms with Crippen LogP contribution in [0.25, 0.3) is 0 Å². The van der Waals surface area contributed by atoms with E-state index in [1.54, 1.807) is 0 Å². The molecule has 26 heavy (non-hydrogen) atoms. The Kier molecular flexibility index (Phi) is 5.90. The number of hydrogen-bond acceptors (Lipinski definition) is 6. The molecule has 2 aromatic carbocycles. The fourth-order valence-corrected chi connectivity index (χ4v) is 2.86. The van der Waals surface area contributed by atoms with Gasteiger partial charge in [-0.3, -0.25) is 14.9 Å². The Morgan fingerprint density at radius 3 is 2.42 bits per heavy atom. The molecule has 10 heteroatoms. The number of nitrogens with zero attached hydrogens (tertiary/aromatic N) is 2. The SMILES string of the molecule is CN(C)S(=O)(=O)c1ccc(NC(=O)COc2cccc([N+](=O)[O-])c2)cc1. The standard InChI is InChI=1S/C16H17N3O6S/c1-18(2)26(23,24)15-8-6-12(7-9-15)17-16(20)11-25-14-5-3-4-13(10-14)19(21)22/h3-10H,11H2,1-2H3,(H,17,20). The maximum Gasteiger partial charge on any atom is 0.273 e. The van der Waals surface area contributed by atoms with Crippen molar-refractivity contribution < 1.29 is 22.9 Å². The average molecular weight is 379 g/mol. The van der Waals surface area contributed by atoms with E-state index in [0.717, 1.165) is 4.31 Å². The lowest BCUT2D eigenvalue weighted by molar-refractivity contribution is -0.384. The van der Waals surface area contributed by atoms with Gasteiger partial charge in [-0.15, -0.1) is 0 Å². The van der Waals surface area contributed by atoms with Gasteiger partial charge in [0.2, 0.25) is 10.0 Å². The number of benzene rings is 2. The van der Waals surface area contributed by atoms with E-state index in [-0.39, 0.29) is 22.9 Å². The number of amides is 1. The van der Waals surface area contributed by atoms with Crippen molar-refractivity contribution in [1.82, 2.24) is 4.31 Å². The first-order valence-electron chi connectivity index (χ1n) is 7.40. The number of hydrogen-bond donors (Lipinski definition) is 1. The third-order valence-corrected chi connectivity index (χ3v) is 5.14. The van der Waals surface area contributed by atoms with E-state index in [9.17, 15) is 23.3 Å². The minimum Gasteiger partial charge on any atom is -0.484 e. The molecule has 0 aliphatic carbocycles. The summed E-state index contributed by atoms with van der Waals surface area (Å²) < 4.78 is 30.3. The number of ether oxygens (including phenoxy) is 1. The van der Waals surface area contributed by atoms with Crippen molar-refractivity contribution in [3.63, 3.8) is 0 Å². The molecule has 0 bridgehead atoms. The molecular weight excluding hydrogens is 362 g/mol. The van der Waals surface area contributed by atoms with E-state index < -0.39 is 20.9 Å². The van der Waals surface area contributed by atoms with Crippen molar-refractivity contribution in [3.05, 3.63) is 58.6 Å². The minimum atomic E-state index is -3.54. The molecule has 0 unspecified atom stereocenters. The Bertz CT molecular complexity index is 910. The van der Waals surface area contributed by atoms with E-state index in [2.05, 4.69) is 5.32 Å². The van der Waals surface area contributed by atoms with Crippen LogP contribution in [0, 0.1) is 10.1 Å². The summed E-state index contributed by atoms with van der Waals surface area (Å²) in [6.07, 6.45) is 0. The molecule has 0 radical (unpaired) electrons. The summed E-state index contributed by atoms with van der Waals surface area (Å²) in [5, 5.41) is 13.2. The Balaban J connectivity index is 1.96. The lowest BCUT2D eigenvalue weighted by Gasteiger charge is -2.12. The molecule has 1 N–H and O–H groups in total. The number of nitro benzene ring substituents is 1. The number of carbonyl (C=O) groups excluding carboxylic acids is 1. The van der Waals surface area contributed by atoms with Crippen molar-refractivity contribution in [2.45, 2.75) is 4.90 Å². The highest BCUT2D eigenvalue weighted by Crippen LogP contribution is 2.19. The molecule has 0 spiro atoms. The Morgan fingerprint density at radius 1 is 1.19 bits per heavy atom. The van der Waals surface area contributed by atoms with Gasteiger partial charge in [0.05, 0.1) is 15.9 Å². The van der Waals surface area contributed by atoms with Crippen LogP contribution in [0.5, 0.6) is 5.75 Å². The molecule has 138 valence electrons. The summed E-state index contributed by atoms with van der Waals surface area (Å²) in [4.78, 5) is 22.1. The summed E-state index contributed by atoms with van der Waals surface area (Å²) in [6, 6.07) is 11.2. The Hall–Kier alpha value is -2.98. The van der Waals surface area contributed by atoms with Crippen molar-refractivity contribution >= 4 is 27.3 Å². The molecular formula is C16H17N3O6S. The van der Waals surface area contributed by atoms with Crippen molar-refractivity contribution in [2.24, 2.45) is 0 Å². The van der Waals surface area contributed by atoms with Gasteiger partial charge in [0.25, 0.3) is 11.6 Å². The number of anilines is 1. The molecule has 1 amide bonds. The second kappa shape index (κ2) is 7.93. The summed E-state index contributed by atoms with van der Waals surface area (Å²) in [5.74, 6) is -0.290. The maximum atomic E-state index is 12.0. The van der Waals surface area contributed by atoms with Crippen LogP contribution in [-0.4, -0.2) is 44.3 Å². The van der Waals surface area contributed by atoms with Gasteiger partial charge < -0.3 is 10.1 Å². The normalized spacial score (nSPS) is 11.2. The minimum absolute atomic E-state index is 0.105. The van der Waals surface area contributed by atoms with Crippen LogP contribution in [-0.2, 0) is 14.8 Å². The van der Waals surface area contributed by atoms with Crippen LogP contribution < -0.4 is 10.1 Å². The first-order chi connectivity index (χ1) is 12.2. The Morgan fingerprint density at radius 2 is 1.85 bits per heavy atom. The topological polar surface area (TPSA) is 119 Å². The summed E-state index contributed by atoms with van der Waals surface area (Å²) in [6.45, 7) is -0.348.